The van der Waals surface area contributed by atoms with E-state index >= 15 is 0 Å². The number of piperidine rings is 1. The Morgan fingerprint density at radius 1 is 1.40 bits per heavy atom. The second kappa shape index (κ2) is 6.91. The van der Waals surface area contributed by atoms with Crippen molar-refractivity contribution in [2.45, 2.75) is 18.2 Å². The monoisotopic (exact) mass is 361 g/mol. The summed E-state index contributed by atoms with van der Waals surface area (Å²) in [5.74, 6) is 1.14. The van der Waals surface area contributed by atoms with Crippen LogP contribution >= 0.6 is 15.9 Å². The minimum atomic E-state index is -3.08. The molecule has 1 unspecified atom stereocenters. The van der Waals surface area contributed by atoms with Crippen LogP contribution in [-0.4, -0.2) is 38.7 Å². The number of sulfonamides is 1. The second-order valence-corrected chi connectivity index (χ2v) is 7.72. The molecule has 2 rings (SSSR count). The molecule has 0 radical (unpaired) electrons. The maximum Gasteiger partial charge on any atom is 0.211 e. The van der Waals surface area contributed by atoms with E-state index in [1.165, 1.54) is 6.26 Å². The van der Waals surface area contributed by atoms with Crippen LogP contribution in [0.3, 0.4) is 0 Å². The van der Waals surface area contributed by atoms with E-state index in [0.29, 0.717) is 19.7 Å². The number of hydrogen-bond acceptors (Lipinski definition) is 3. The zero-order chi connectivity index (χ0) is 14.6. The zero-order valence-corrected chi connectivity index (χ0v) is 14.0. The van der Waals surface area contributed by atoms with Gasteiger partial charge in [0.05, 0.1) is 12.9 Å². The quantitative estimate of drug-likeness (QED) is 0.757. The highest BCUT2D eigenvalue weighted by molar-refractivity contribution is 9.08. The van der Waals surface area contributed by atoms with Gasteiger partial charge in [0.15, 0.2) is 0 Å². The van der Waals surface area contributed by atoms with Gasteiger partial charge in [0, 0.05) is 29.9 Å². The van der Waals surface area contributed by atoms with Gasteiger partial charge in [0.2, 0.25) is 10.0 Å². The van der Waals surface area contributed by atoms with Gasteiger partial charge in [-0.2, -0.15) is 0 Å². The maximum absolute atomic E-state index is 11.6. The highest BCUT2D eigenvalue weighted by Gasteiger charge is 2.26. The lowest BCUT2D eigenvalue weighted by atomic mass is 10.0. The molecule has 1 fully saturated rings. The van der Waals surface area contributed by atoms with Crippen LogP contribution < -0.4 is 4.74 Å². The first-order chi connectivity index (χ1) is 9.50. The van der Waals surface area contributed by atoms with Gasteiger partial charge in [-0.15, -0.1) is 0 Å². The normalized spacial score (nSPS) is 20.8. The first-order valence-corrected chi connectivity index (χ1v) is 9.69. The zero-order valence-electron chi connectivity index (χ0n) is 11.6. The average Bonchev–Trinajstić information content (AvgIpc) is 2.45. The van der Waals surface area contributed by atoms with Crippen molar-refractivity contribution >= 4 is 26.0 Å². The predicted molar refractivity (Wildman–Crippen MR) is 83.7 cm³/mol. The Labute approximate surface area is 129 Å². The lowest BCUT2D eigenvalue weighted by molar-refractivity contribution is 0.180. The SMILES string of the molecule is CS(=O)(=O)N1CCCC(COc2ccccc2CBr)C1. The lowest BCUT2D eigenvalue weighted by Gasteiger charge is -2.30. The molecule has 1 aliphatic rings. The number of para-hydroxylation sites is 1. The van der Waals surface area contributed by atoms with Crippen molar-refractivity contribution in [1.82, 2.24) is 4.31 Å². The summed E-state index contributed by atoms with van der Waals surface area (Å²) >= 11 is 3.44. The third-order valence-corrected chi connectivity index (χ3v) is 5.42. The molecule has 0 amide bonds. The fourth-order valence-corrected chi connectivity index (χ4v) is 3.83. The molecular formula is C14H20BrNO3S. The van der Waals surface area contributed by atoms with Crippen LogP contribution in [0.5, 0.6) is 5.75 Å². The molecule has 1 atom stereocenters. The molecule has 0 N–H and O–H groups in total. The average molecular weight is 362 g/mol. The fourth-order valence-electron chi connectivity index (χ4n) is 2.43. The van der Waals surface area contributed by atoms with Crippen molar-refractivity contribution in [1.29, 1.82) is 0 Å². The molecule has 112 valence electrons. The van der Waals surface area contributed by atoms with Gasteiger partial charge in [-0.05, 0) is 18.9 Å². The first-order valence-electron chi connectivity index (χ1n) is 6.72. The first kappa shape index (κ1) is 15.8. The van der Waals surface area contributed by atoms with Crippen molar-refractivity contribution in [2.24, 2.45) is 5.92 Å². The van der Waals surface area contributed by atoms with E-state index in [-0.39, 0.29) is 5.92 Å². The molecule has 6 heteroatoms. The number of rotatable bonds is 5. The van der Waals surface area contributed by atoms with Crippen LogP contribution in [0.4, 0.5) is 0 Å². The highest BCUT2D eigenvalue weighted by Crippen LogP contribution is 2.24. The summed E-state index contributed by atoms with van der Waals surface area (Å²) in [6, 6.07) is 7.90. The summed E-state index contributed by atoms with van der Waals surface area (Å²) in [6.45, 7) is 1.76. The van der Waals surface area contributed by atoms with Gasteiger partial charge in [-0.25, -0.2) is 12.7 Å². The molecule has 0 aromatic heterocycles. The number of alkyl halides is 1. The van der Waals surface area contributed by atoms with Crippen LogP contribution in [0.25, 0.3) is 0 Å². The van der Waals surface area contributed by atoms with Crippen LogP contribution in [0.2, 0.25) is 0 Å². The summed E-state index contributed by atoms with van der Waals surface area (Å²) in [4.78, 5) is 0. The van der Waals surface area contributed by atoms with Gasteiger partial charge in [0.25, 0.3) is 0 Å². The Kier molecular flexibility index (Phi) is 5.46. The molecule has 1 aromatic rings. The molecule has 0 bridgehead atoms. The lowest BCUT2D eigenvalue weighted by Crippen LogP contribution is -2.40. The Bertz CT molecular complexity index is 547. The second-order valence-electron chi connectivity index (χ2n) is 5.18. The van der Waals surface area contributed by atoms with Gasteiger partial charge in [-0.3, -0.25) is 0 Å². The standard InChI is InChI=1S/C14H20BrNO3S/c1-20(17,18)16-8-4-5-12(10-16)11-19-14-7-3-2-6-13(14)9-15/h2-3,6-7,12H,4-5,8-11H2,1H3. The van der Waals surface area contributed by atoms with Crippen LogP contribution in [-0.2, 0) is 15.4 Å². The molecule has 1 aromatic carbocycles. The molecule has 1 aliphatic heterocycles. The summed E-state index contributed by atoms with van der Waals surface area (Å²) in [5, 5.41) is 0.753. The van der Waals surface area contributed by atoms with E-state index in [0.717, 1.165) is 29.5 Å². The third kappa shape index (κ3) is 4.20. The Morgan fingerprint density at radius 2 is 2.15 bits per heavy atom. The number of halogens is 1. The van der Waals surface area contributed by atoms with Crippen molar-refractivity contribution in [3.8, 4) is 5.75 Å². The molecule has 20 heavy (non-hydrogen) atoms. The van der Waals surface area contributed by atoms with Crippen molar-refractivity contribution in [3.05, 3.63) is 29.8 Å². The van der Waals surface area contributed by atoms with E-state index in [1.807, 2.05) is 24.3 Å². The Morgan fingerprint density at radius 3 is 2.85 bits per heavy atom. The van der Waals surface area contributed by atoms with E-state index in [4.69, 9.17) is 4.74 Å². The minimum Gasteiger partial charge on any atom is -0.493 e. The van der Waals surface area contributed by atoms with Gasteiger partial charge in [0.1, 0.15) is 5.75 Å². The largest absolute Gasteiger partial charge is 0.493 e. The third-order valence-electron chi connectivity index (χ3n) is 3.54. The molecule has 0 aliphatic carbocycles. The number of ether oxygens (including phenoxy) is 1. The molecule has 1 saturated heterocycles. The van der Waals surface area contributed by atoms with Crippen molar-refractivity contribution in [3.63, 3.8) is 0 Å². The van der Waals surface area contributed by atoms with Crippen LogP contribution in [0.15, 0.2) is 24.3 Å². The summed E-state index contributed by atoms with van der Waals surface area (Å²) in [7, 11) is -3.08. The molecular weight excluding hydrogens is 342 g/mol. The number of nitrogens with zero attached hydrogens (tertiary/aromatic N) is 1. The smallest absolute Gasteiger partial charge is 0.211 e. The van der Waals surface area contributed by atoms with Gasteiger partial charge in [-0.1, -0.05) is 34.1 Å². The van der Waals surface area contributed by atoms with Gasteiger partial charge >= 0.3 is 0 Å². The number of benzene rings is 1. The molecule has 4 nitrogen and oxygen atoms in total. The Hall–Kier alpha value is -0.590. The van der Waals surface area contributed by atoms with E-state index in [9.17, 15) is 8.42 Å². The fraction of sp³-hybridized carbons (Fsp3) is 0.571. The van der Waals surface area contributed by atoms with Crippen molar-refractivity contribution < 1.29 is 13.2 Å². The summed E-state index contributed by atoms with van der Waals surface area (Å²) < 4.78 is 30.6. The van der Waals surface area contributed by atoms with E-state index < -0.39 is 10.0 Å². The molecule has 0 spiro atoms. The van der Waals surface area contributed by atoms with E-state index in [2.05, 4.69) is 15.9 Å². The molecule has 0 saturated carbocycles. The predicted octanol–water partition coefficient (Wildman–Crippen LogP) is 2.63. The number of hydrogen-bond donors (Lipinski definition) is 0. The highest BCUT2D eigenvalue weighted by atomic mass is 79.9. The topological polar surface area (TPSA) is 46.6 Å². The van der Waals surface area contributed by atoms with Crippen LogP contribution in [0, 0.1) is 5.92 Å². The maximum atomic E-state index is 11.6. The minimum absolute atomic E-state index is 0.266. The van der Waals surface area contributed by atoms with Crippen LogP contribution in [0.1, 0.15) is 18.4 Å². The summed E-state index contributed by atoms with van der Waals surface area (Å²) in [6.07, 6.45) is 3.19. The van der Waals surface area contributed by atoms with E-state index in [1.54, 1.807) is 4.31 Å². The van der Waals surface area contributed by atoms with Gasteiger partial charge < -0.3 is 4.74 Å². The van der Waals surface area contributed by atoms with Crippen molar-refractivity contribution in [2.75, 3.05) is 26.0 Å². The molecule has 1 heterocycles. The summed E-state index contributed by atoms with van der Waals surface area (Å²) in [5.41, 5.74) is 1.11. The Balaban J connectivity index is 1.94.